The van der Waals surface area contributed by atoms with E-state index in [1.54, 1.807) is 12.3 Å². The summed E-state index contributed by atoms with van der Waals surface area (Å²) in [6.45, 7) is 6.62. The van der Waals surface area contributed by atoms with Crippen LogP contribution < -0.4 is 5.32 Å². The molecule has 1 aliphatic heterocycles. The van der Waals surface area contributed by atoms with Gasteiger partial charge in [-0.15, -0.1) is 0 Å². The Bertz CT molecular complexity index is 956. The van der Waals surface area contributed by atoms with Crippen molar-refractivity contribution in [2.45, 2.75) is 39.2 Å². The summed E-state index contributed by atoms with van der Waals surface area (Å²) in [5.74, 6) is 1.23. The summed E-state index contributed by atoms with van der Waals surface area (Å²) in [6, 6.07) is 11.7. The first kappa shape index (κ1) is 19.5. The number of aromatic nitrogens is 1. The molecule has 152 valence electrons. The van der Waals surface area contributed by atoms with Gasteiger partial charge < -0.3 is 14.3 Å². The van der Waals surface area contributed by atoms with E-state index in [0.29, 0.717) is 12.3 Å². The first-order valence-electron chi connectivity index (χ1n) is 10.2. The lowest BCUT2D eigenvalue weighted by Gasteiger charge is -2.33. The zero-order valence-corrected chi connectivity index (χ0v) is 17.0. The minimum atomic E-state index is -0.239. The number of hydrogen-bond donors (Lipinski definition) is 1. The molecule has 1 atom stereocenters. The zero-order valence-electron chi connectivity index (χ0n) is 17.0. The van der Waals surface area contributed by atoms with Crippen molar-refractivity contribution < 1.29 is 13.7 Å². The van der Waals surface area contributed by atoms with E-state index in [0.717, 1.165) is 24.4 Å². The fourth-order valence-corrected chi connectivity index (χ4v) is 3.81. The van der Waals surface area contributed by atoms with Gasteiger partial charge >= 0.3 is 0 Å². The first-order valence-corrected chi connectivity index (χ1v) is 10.2. The van der Waals surface area contributed by atoms with E-state index in [1.165, 1.54) is 30.4 Å². The molecule has 29 heavy (non-hydrogen) atoms. The van der Waals surface area contributed by atoms with Crippen LogP contribution >= 0.6 is 0 Å². The number of likely N-dealkylation sites (tertiary alicyclic amines) is 1. The number of piperidine rings is 1. The van der Waals surface area contributed by atoms with Gasteiger partial charge in [-0.3, -0.25) is 9.69 Å². The van der Waals surface area contributed by atoms with Gasteiger partial charge in [-0.05, 0) is 69.1 Å². The van der Waals surface area contributed by atoms with E-state index in [2.05, 4.69) is 29.2 Å². The van der Waals surface area contributed by atoms with Gasteiger partial charge in [-0.25, -0.2) is 0 Å². The highest BCUT2D eigenvalue weighted by Crippen LogP contribution is 2.25. The lowest BCUT2D eigenvalue weighted by Crippen LogP contribution is -2.40. The lowest BCUT2D eigenvalue weighted by molar-refractivity contribution is 0.0905. The Morgan fingerprint density at radius 1 is 1.14 bits per heavy atom. The molecule has 3 heterocycles. The Morgan fingerprint density at radius 3 is 2.69 bits per heavy atom. The van der Waals surface area contributed by atoms with Crippen LogP contribution in [-0.2, 0) is 0 Å². The zero-order chi connectivity index (χ0) is 20.2. The Labute approximate surface area is 170 Å². The van der Waals surface area contributed by atoms with Crippen LogP contribution in [0.1, 0.15) is 52.7 Å². The number of hydrogen-bond acceptors (Lipinski definition) is 5. The molecular formula is C23H27N3O3. The van der Waals surface area contributed by atoms with Crippen LogP contribution in [0.3, 0.4) is 0 Å². The molecule has 2 aromatic heterocycles. The number of amides is 1. The fraction of sp³-hybridized carbons (Fsp3) is 0.391. The Balaban J connectivity index is 1.44. The molecular weight excluding hydrogens is 366 g/mol. The van der Waals surface area contributed by atoms with Crippen molar-refractivity contribution in [2.75, 3.05) is 19.6 Å². The maximum atomic E-state index is 12.7. The Hall–Kier alpha value is -2.86. The van der Waals surface area contributed by atoms with Gasteiger partial charge in [-0.2, -0.15) is 0 Å². The van der Waals surface area contributed by atoms with Crippen molar-refractivity contribution in [3.8, 4) is 11.3 Å². The Kier molecular flexibility index (Phi) is 5.81. The maximum absolute atomic E-state index is 12.7. The molecule has 1 aromatic carbocycles. The van der Waals surface area contributed by atoms with Gasteiger partial charge in [0.15, 0.2) is 11.5 Å². The van der Waals surface area contributed by atoms with Crippen LogP contribution in [0.2, 0.25) is 0 Å². The van der Waals surface area contributed by atoms with E-state index in [9.17, 15) is 4.79 Å². The van der Waals surface area contributed by atoms with Crippen molar-refractivity contribution in [1.29, 1.82) is 0 Å². The molecule has 1 amide bonds. The smallest absolute Gasteiger partial charge is 0.273 e. The third kappa shape index (κ3) is 4.43. The second kappa shape index (κ2) is 8.66. The van der Waals surface area contributed by atoms with Gasteiger partial charge in [0, 0.05) is 18.2 Å². The van der Waals surface area contributed by atoms with Crippen LogP contribution in [0.25, 0.3) is 11.3 Å². The molecule has 1 saturated heterocycles. The molecule has 4 rings (SSSR count). The summed E-state index contributed by atoms with van der Waals surface area (Å²) in [6.07, 6.45) is 5.29. The fourth-order valence-electron chi connectivity index (χ4n) is 3.81. The van der Waals surface area contributed by atoms with E-state index in [1.807, 2.05) is 30.3 Å². The highest BCUT2D eigenvalue weighted by atomic mass is 16.5. The molecule has 1 N–H and O–H groups in total. The monoisotopic (exact) mass is 393 g/mol. The van der Waals surface area contributed by atoms with Crippen molar-refractivity contribution in [3.05, 3.63) is 65.2 Å². The third-order valence-electron chi connectivity index (χ3n) is 5.69. The SMILES string of the molecule is Cc1ccc(-c2cc(C(=O)NC[C@H](c3ccco3)N3CCCCC3)no2)cc1C. The van der Waals surface area contributed by atoms with Crippen LogP contribution in [-0.4, -0.2) is 35.6 Å². The predicted molar refractivity (Wildman–Crippen MR) is 111 cm³/mol. The number of carbonyl (C=O) groups excluding carboxylic acids is 1. The number of aryl methyl sites for hydroxylation is 2. The molecule has 3 aromatic rings. The van der Waals surface area contributed by atoms with Crippen LogP contribution in [0.5, 0.6) is 0 Å². The quantitative estimate of drug-likeness (QED) is 0.667. The topological polar surface area (TPSA) is 71.5 Å². The van der Waals surface area contributed by atoms with Gasteiger partial charge in [0.1, 0.15) is 5.76 Å². The molecule has 0 unspecified atom stereocenters. The van der Waals surface area contributed by atoms with Crippen LogP contribution in [0.4, 0.5) is 0 Å². The summed E-state index contributed by atoms with van der Waals surface area (Å²) in [5.41, 5.74) is 3.59. The van der Waals surface area contributed by atoms with Gasteiger partial charge in [-0.1, -0.05) is 23.7 Å². The molecule has 0 spiro atoms. The highest BCUT2D eigenvalue weighted by Gasteiger charge is 2.25. The second-order valence-corrected chi connectivity index (χ2v) is 7.71. The molecule has 0 aliphatic carbocycles. The van der Waals surface area contributed by atoms with Gasteiger partial charge in [0.05, 0.1) is 12.3 Å². The van der Waals surface area contributed by atoms with E-state index >= 15 is 0 Å². The van der Waals surface area contributed by atoms with E-state index < -0.39 is 0 Å². The second-order valence-electron chi connectivity index (χ2n) is 7.71. The highest BCUT2D eigenvalue weighted by molar-refractivity contribution is 5.93. The predicted octanol–water partition coefficient (Wildman–Crippen LogP) is 4.51. The standard InChI is InChI=1S/C23H27N3O3/c1-16-8-9-18(13-17(16)2)22-14-19(25-29-22)23(27)24-15-20(21-7-6-12-28-21)26-10-4-3-5-11-26/h6-9,12-14,20H,3-5,10-11,15H2,1-2H3,(H,24,27)/t20-/m1/s1. The number of nitrogens with zero attached hydrogens (tertiary/aromatic N) is 2. The van der Waals surface area contributed by atoms with Crippen molar-refractivity contribution in [2.24, 2.45) is 0 Å². The normalized spacial score (nSPS) is 15.9. The molecule has 6 nitrogen and oxygen atoms in total. The first-order chi connectivity index (χ1) is 14.1. The summed E-state index contributed by atoms with van der Waals surface area (Å²) < 4.78 is 11.1. The summed E-state index contributed by atoms with van der Waals surface area (Å²) >= 11 is 0. The number of nitrogens with one attached hydrogen (secondary N) is 1. The molecule has 0 radical (unpaired) electrons. The average molecular weight is 393 g/mol. The lowest BCUT2D eigenvalue weighted by atomic mass is 10.0. The summed E-state index contributed by atoms with van der Waals surface area (Å²) in [5, 5.41) is 6.98. The maximum Gasteiger partial charge on any atom is 0.273 e. The molecule has 6 heteroatoms. The van der Waals surface area contributed by atoms with E-state index in [-0.39, 0.29) is 17.6 Å². The van der Waals surface area contributed by atoms with Crippen LogP contribution in [0.15, 0.2) is 51.6 Å². The molecule has 1 fully saturated rings. The molecule has 0 bridgehead atoms. The van der Waals surface area contributed by atoms with Crippen LogP contribution in [0, 0.1) is 13.8 Å². The largest absolute Gasteiger partial charge is 0.468 e. The van der Waals surface area contributed by atoms with Crippen molar-refractivity contribution in [1.82, 2.24) is 15.4 Å². The Morgan fingerprint density at radius 2 is 1.97 bits per heavy atom. The number of carbonyl (C=O) groups is 1. The average Bonchev–Trinajstić information content (AvgIpc) is 3.43. The van der Waals surface area contributed by atoms with Gasteiger partial charge in [0.2, 0.25) is 0 Å². The molecule has 0 saturated carbocycles. The number of benzene rings is 1. The minimum Gasteiger partial charge on any atom is -0.468 e. The van der Waals surface area contributed by atoms with Crippen molar-refractivity contribution >= 4 is 5.91 Å². The minimum absolute atomic E-state index is 0.0281. The number of furan rings is 1. The van der Waals surface area contributed by atoms with Gasteiger partial charge in [0.25, 0.3) is 5.91 Å². The third-order valence-corrected chi connectivity index (χ3v) is 5.69. The molecule has 1 aliphatic rings. The van der Waals surface area contributed by atoms with E-state index in [4.69, 9.17) is 8.94 Å². The summed E-state index contributed by atoms with van der Waals surface area (Å²) in [7, 11) is 0. The van der Waals surface area contributed by atoms with Crippen molar-refractivity contribution in [3.63, 3.8) is 0 Å². The summed E-state index contributed by atoms with van der Waals surface area (Å²) in [4.78, 5) is 15.1. The number of rotatable bonds is 6.